The molecule has 100 valence electrons. The van der Waals surface area contributed by atoms with E-state index in [1.165, 1.54) is 19.3 Å². The highest BCUT2D eigenvalue weighted by atomic mass is 16.1. The Balaban J connectivity index is 2.27. The Hall–Kier alpha value is -0.370. The number of nitrogens with two attached hydrogens (primary N) is 1. The zero-order valence-corrected chi connectivity index (χ0v) is 11.6. The molecule has 0 aromatic carbocycles. The molecule has 0 aromatic heterocycles. The molecular formula is C15H29NO. The van der Waals surface area contributed by atoms with E-state index in [4.69, 9.17) is 5.73 Å². The van der Waals surface area contributed by atoms with Gasteiger partial charge in [0.05, 0.1) is 0 Å². The summed E-state index contributed by atoms with van der Waals surface area (Å²) >= 11 is 0. The van der Waals surface area contributed by atoms with Crippen molar-refractivity contribution in [1.29, 1.82) is 0 Å². The summed E-state index contributed by atoms with van der Waals surface area (Å²) in [6.45, 7) is 5.20. The SMILES string of the molecule is CCC1CCCC(C(=O)CCC(C)CCN)C1. The molecule has 1 rings (SSSR count). The Morgan fingerprint density at radius 2 is 2.12 bits per heavy atom. The van der Waals surface area contributed by atoms with Crippen LogP contribution in [0.4, 0.5) is 0 Å². The van der Waals surface area contributed by atoms with E-state index < -0.39 is 0 Å². The van der Waals surface area contributed by atoms with Crippen LogP contribution in [0.5, 0.6) is 0 Å². The third kappa shape index (κ3) is 5.20. The van der Waals surface area contributed by atoms with Gasteiger partial charge in [-0.1, -0.05) is 33.1 Å². The summed E-state index contributed by atoms with van der Waals surface area (Å²) in [6.07, 6.45) is 8.99. The second-order valence-corrected chi connectivity index (χ2v) is 5.83. The Morgan fingerprint density at radius 1 is 1.35 bits per heavy atom. The molecule has 1 saturated carbocycles. The van der Waals surface area contributed by atoms with E-state index >= 15 is 0 Å². The standard InChI is InChI=1S/C15H29NO/c1-3-13-5-4-6-14(11-13)15(17)8-7-12(2)9-10-16/h12-14H,3-11,16H2,1-2H3. The van der Waals surface area contributed by atoms with Crippen molar-refractivity contribution in [2.45, 2.75) is 65.2 Å². The van der Waals surface area contributed by atoms with Gasteiger partial charge in [0.25, 0.3) is 0 Å². The van der Waals surface area contributed by atoms with Crippen LogP contribution in [0, 0.1) is 17.8 Å². The smallest absolute Gasteiger partial charge is 0.135 e. The predicted octanol–water partition coefficient (Wildman–Crippen LogP) is 3.54. The van der Waals surface area contributed by atoms with Gasteiger partial charge in [-0.15, -0.1) is 0 Å². The number of hydrogen-bond acceptors (Lipinski definition) is 2. The molecule has 2 N–H and O–H groups in total. The highest BCUT2D eigenvalue weighted by Gasteiger charge is 2.25. The van der Waals surface area contributed by atoms with Gasteiger partial charge >= 0.3 is 0 Å². The van der Waals surface area contributed by atoms with Gasteiger partial charge in [-0.3, -0.25) is 4.79 Å². The van der Waals surface area contributed by atoms with Crippen LogP contribution >= 0.6 is 0 Å². The molecule has 0 aromatic rings. The van der Waals surface area contributed by atoms with Gasteiger partial charge in [-0.05, 0) is 44.1 Å². The van der Waals surface area contributed by atoms with Crippen molar-refractivity contribution in [3.63, 3.8) is 0 Å². The normalized spacial score (nSPS) is 26.8. The summed E-state index contributed by atoms with van der Waals surface area (Å²) in [4.78, 5) is 12.1. The van der Waals surface area contributed by atoms with Crippen molar-refractivity contribution in [1.82, 2.24) is 0 Å². The average Bonchev–Trinajstić information content (AvgIpc) is 2.36. The highest BCUT2D eigenvalue weighted by Crippen LogP contribution is 2.32. The van der Waals surface area contributed by atoms with Crippen LogP contribution in [-0.4, -0.2) is 12.3 Å². The molecule has 1 aliphatic rings. The maximum absolute atomic E-state index is 12.1. The van der Waals surface area contributed by atoms with E-state index in [-0.39, 0.29) is 0 Å². The van der Waals surface area contributed by atoms with E-state index in [0.29, 0.717) is 17.6 Å². The largest absolute Gasteiger partial charge is 0.330 e. The van der Waals surface area contributed by atoms with Crippen molar-refractivity contribution in [2.24, 2.45) is 23.5 Å². The number of rotatable bonds is 7. The first-order valence-electron chi connectivity index (χ1n) is 7.40. The third-order valence-corrected chi connectivity index (χ3v) is 4.36. The number of Topliss-reactive ketones (excluding diaryl/α,β-unsaturated/α-hetero) is 1. The lowest BCUT2D eigenvalue weighted by atomic mass is 9.77. The quantitative estimate of drug-likeness (QED) is 0.738. The van der Waals surface area contributed by atoms with Crippen LogP contribution in [0.15, 0.2) is 0 Å². The van der Waals surface area contributed by atoms with Crippen molar-refractivity contribution in [3.05, 3.63) is 0 Å². The molecule has 0 aliphatic heterocycles. The third-order valence-electron chi connectivity index (χ3n) is 4.36. The first-order chi connectivity index (χ1) is 8.17. The van der Waals surface area contributed by atoms with Crippen LogP contribution in [-0.2, 0) is 4.79 Å². The number of carbonyl (C=O) groups excluding carboxylic acids is 1. The fourth-order valence-electron chi connectivity index (χ4n) is 2.98. The van der Waals surface area contributed by atoms with E-state index in [0.717, 1.165) is 44.6 Å². The Labute approximate surface area is 106 Å². The summed E-state index contributed by atoms with van der Waals surface area (Å²) in [5.41, 5.74) is 5.53. The van der Waals surface area contributed by atoms with Gasteiger partial charge in [0.2, 0.25) is 0 Å². The van der Waals surface area contributed by atoms with Gasteiger partial charge in [0.1, 0.15) is 5.78 Å². The molecule has 2 heteroatoms. The van der Waals surface area contributed by atoms with E-state index in [1.54, 1.807) is 0 Å². The summed E-state index contributed by atoms with van der Waals surface area (Å²) in [6, 6.07) is 0. The first kappa shape index (κ1) is 14.7. The fraction of sp³-hybridized carbons (Fsp3) is 0.933. The van der Waals surface area contributed by atoms with Crippen LogP contribution in [0.2, 0.25) is 0 Å². The Kier molecular flexibility index (Phi) is 6.79. The minimum Gasteiger partial charge on any atom is -0.330 e. The highest BCUT2D eigenvalue weighted by molar-refractivity contribution is 5.81. The molecule has 0 amide bonds. The van der Waals surface area contributed by atoms with Gasteiger partial charge < -0.3 is 5.73 Å². The van der Waals surface area contributed by atoms with Crippen LogP contribution < -0.4 is 5.73 Å². The molecule has 3 unspecified atom stereocenters. The van der Waals surface area contributed by atoms with Crippen molar-refractivity contribution in [2.75, 3.05) is 6.54 Å². The average molecular weight is 239 g/mol. The predicted molar refractivity (Wildman–Crippen MR) is 72.8 cm³/mol. The maximum Gasteiger partial charge on any atom is 0.135 e. The van der Waals surface area contributed by atoms with Crippen LogP contribution in [0.1, 0.15) is 65.2 Å². The van der Waals surface area contributed by atoms with Gasteiger partial charge in [-0.25, -0.2) is 0 Å². The molecule has 0 bridgehead atoms. The molecule has 0 radical (unpaired) electrons. The van der Waals surface area contributed by atoms with Crippen molar-refractivity contribution in [3.8, 4) is 0 Å². The van der Waals surface area contributed by atoms with Crippen molar-refractivity contribution >= 4 is 5.78 Å². The summed E-state index contributed by atoms with van der Waals surface area (Å²) in [5, 5.41) is 0. The first-order valence-corrected chi connectivity index (χ1v) is 7.40. The molecule has 1 fully saturated rings. The number of ketones is 1. The summed E-state index contributed by atoms with van der Waals surface area (Å²) < 4.78 is 0. The second kappa shape index (κ2) is 7.86. The second-order valence-electron chi connectivity index (χ2n) is 5.83. The Morgan fingerprint density at radius 3 is 2.76 bits per heavy atom. The van der Waals surface area contributed by atoms with Crippen molar-refractivity contribution < 1.29 is 4.79 Å². The fourth-order valence-corrected chi connectivity index (χ4v) is 2.98. The van der Waals surface area contributed by atoms with Crippen LogP contribution in [0.25, 0.3) is 0 Å². The number of carbonyl (C=O) groups is 1. The zero-order valence-electron chi connectivity index (χ0n) is 11.6. The molecule has 3 atom stereocenters. The van der Waals surface area contributed by atoms with E-state index in [9.17, 15) is 4.79 Å². The zero-order chi connectivity index (χ0) is 12.7. The molecule has 0 heterocycles. The van der Waals surface area contributed by atoms with E-state index in [2.05, 4.69) is 13.8 Å². The minimum absolute atomic E-state index is 0.374. The minimum atomic E-state index is 0.374. The molecule has 17 heavy (non-hydrogen) atoms. The number of hydrogen-bond donors (Lipinski definition) is 1. The maximum atomic E-state index is 12.1. The van der Waals surface area contributed by atoms with Gasteiger partial charge in [-0.2, -0.15) is 0 Å². The van der Waals surface area contributed by atoms with Gasteiger partial charge in [0, 0.05) is 12.3 Å². The summed E-state index contributed by atoms with van der Waals surface area (Å²) in [7, 11) is 0. The lowest BCUT2D eigenvalue weighted by Crippen LogP contribution is -2.23. The monoisotopic (exact) mass is 239 g/mol. The molecule has 0 saturated heterocycles. The van der Waals surface area contributed by atoms with Crippen LogP contribution in [0.3, 0.4) is 0 Å². The molecule has 2 nitrogen and oxygen atoms in total. The molecule has 0 spiro atoms. The lowest BCUT2D eigenvalue weighted by molar-refractivity contribution is -0.124. The van der Waals surface area contributed by atoms with Gasteiger partial charge in [0.15, 0.2) is 0 Å². The van der Waals surface area contributed by atoms with E-state index in [1.807, 2.05) is 0 Å². The summed E-state index contributed by atoms with van der Waals surface area (Å²) in [5.74, 6) is 2.31. The molecule has 1 aliphatic carbocycles. The lowest BCUT2D eigenvalue weighted by Gasteiger charge is -2.27. The topological polar surface area (TPSA) is 43.1 Å². The molecular weight excluding hydrogens is 210 g/mol. The Bertz CT molecular complexity index is 227.